The molecule has 2 aromatic rings. The van der Waals surface area contributed by atoms with Gasteiger partial charge < -0.3 is 11.5 Å². The summed E-state index contributed by atoms with van der Waals surface area (Å²) in [6.07, 6.45) is 0. The van der Waals surface area contributed by atoms with E-state index in [0.29, 0.717) is 0 Å². The highest BCUT2D eigenvalue weighted by Crippen LogP contribution is 2.24. The van der Waals surface area contributed by atoms with Crippen LogP contribution in [0.15, 0.2) is 18.2 Å². The van der Waals surface area contributed by atoms with E-state index in [0.717, 1.165) is 16.8 Å². The molecule has 0 aliphatic rings. The number of aryl methyl sites for hydroxylation is 2. The average Bonchev–Trinajstić information content (AvgIpc) is 2.57. The van der Waals surface area contributed by atoms with Crippen LogP contribution in [-0.2, 0) is 0 Å². The van der Waals surface area contributed by atoms with Gasteiger partial charge in [-0.1, -0.05) is 12.1 Å². The number of nitrogens with two attached hydrogens (primary N) is 2. The number of aromatic nitrogens is 2. The highest BCUT2D eigenvalue weighted by atomic mass is 15.3. The molecule has 0 bridgehead atoms. The van der Waals surface area contributed by atoms with Crippen molar-refractivity contribution in [3.8, 4) is 11.8 Å². The number of hydrogen-bond donors (Lipinski definition) is 2. The Bertz CT molecular complexity index is 619. The van der Waals surface area contributed by atoms with Gasteiger partial charge in [-0.3, -0.25) is 0 Å². The molecule has 0 aliphatic carbocycles. The SMILES string of the molecule is Cc1ccc(C)c(-n2nc(N)c(C#N)c2N)c1. The van der Waals surface area contributed by atoms with E-state index >= 15 is 0 Å². The second-order valence-electron chi connectivity index (χ2n) is 3.96. The zero-order chi connectivity index (χ0) is 12.6. The van der Waals surface area contributed by atoms with Gasteiger partial charge in [0, 0.05) is 0 Å². The van der Waals surface area contributed by atoms with Crippen LogP contribution in [0.25, 0.3) is 5.69 Å². The Hall–Kier alpha value is -2.48. The van der Waals surface area contributed by atoms with Gasteiger partial charge in [-0.25, -0.2) is 4.68 Å². The largest absolute Gasteiger partial charge is 0.382 e. The smallest absolute Gasteiger partial charge is 0.166 e. The van der Waals surface area contributed by atoms with Crippen molar-refractivity contribution in [3.63, 3.8) is 0 Å². The van der Waals surface area contributed by atoms with Gasteiger partial charge in [0.2, 0.25) is 0 Å². The summed E-state index contributed by atoms with van der Waals surface area (Å²) >= 11 is 0. The molecule has 0 atom stereocenters. The Kier molecular flexibility index (Phi) is 2.48. The molecule has 5 heteroatoms. The fraction of sp³-hybridized carbons (Fsp3) is 0.167. The monoisotopic (exact) mass is 227 g/mol. The van der Waals surface area contributed by atoms with Crippen molar-refractivity contribution in [2.24, 2.45) is 0 Å². The van der Waals surface area contributed by atoms with Gasteiger partial charge in [0.15, 0.2) is 5.82 Å². The molecule has 0 saturated heterocycles. The van der Waals surface area contributed by atoms with Gasteiger partial charge >= 0.3 is 0 Å². The van der Waals surface area contributed by atoms with Gasteiger partial charge in [0.25, 0.3) is 0 Å². The van der Waals surface area contributed by atoms with Crippen molar-refractivity contribution >= 4 is 11.6 Å². The number of nitriles is 1. The number of nitrogen functional groups attached to an aromatic ring is 2. The first kappa shape index (κ1) is 11.0. The van der Waals surface area contributed by atoms with Crippen LogP contribution in [0.5, 0.6) is 0 Å². The van der Waals surface area contributed by atoms with Crippen molar-refractivity contribution in [1.29, 1.82) is 5.26 Å². The molecule has 1 heterocycles. The van der Waals surface area contributed by atoms with E-state index in [4.69, 9.17) is 16.7 Å². The van der Waals surface area contributed by atoms with Gasteiger partial charge in [-0.05, 0) is 31.0 Å². The van der Waals surface area contributed by atoms with E-state index in [2.05, 4.69) is 5.10 Å². The van der Waals surface area contributed by atoms with Gasteiger partial charge in [-0.2, -0.15) is 5.26 Å². The molecular weight excluding hydrogens is 214 g/mol. The Morgan fingerprint density at radius 1 is 1.29 bits per heavy atom. The van der Waals surface area contributed by atoms with Crippen LogP contribution in [0.4, 0.5) is 11.6 Å². The van der Waals surface area contributed by atoms with Crippen molar-refractivity contribution in [2.45, 2.75) is 13.8 Å². The number of rotatable bonds is 1. The lowest BCUT2D eigenvalue weighted by atomic mass is 10.1. The predicted molar refractivity (Wildman–Crippen MR) is 66.6 cm³/mol. The molecule has 0 radical (unpaired) electrons. The van der Waals surface area contributed by atoms with E-state index in [-0.39, 0.29) is 17.2 Å². The van der Waals surface area contributed by atoms with Crippen LogP contribution >= 0.6 is 0 Å². The maximum atomic E-state index is 8.92. The summed E-state index contributed by atoms with van der Waals surface area (Å²) in [6, 6.07) is 7.90. The van der Waals surface area contributed by atoms with E-state index < -0.39 is 0 Å². The van der Waals surface area contributed by atoms with Crippen molar-refractivity contribution in [1.82, 2.24) is 9.78 Å². The van der Waals surface area contributed by atoms with Crippen LogP contribution in [0.3, 0.4) is 0 Å². The molecule has 5 nitrogen and oxygen atoms in total. The maximum absolute atomic E-state index is 8.92. The van der Waals surface area contributed by atoms with E-state index in [1.165, 1.54) is 4.68 Å². The fourth-order valence-electron chi connectivity index (χ4n) is 1.69. The standard InChI is InChI=1S/C12H13N5/c1-7-3-4-8(2)10(5-7)17-12(15)9(6-13)11(14)16-17/h3-5H,15H2,1-2H3,(H2,14,16). The number of nitrogens with zero attached hydrogens (tertiary/aromatic N) is 3. The fourth-order valence-corrected chi connectivity index (χ4v) is 1.69. The summed E-state index contributed by atoms with van der Waals surface area (Å²) in [5.74, 6) is 0.435. The number of benzene rings is 1. The van der Waals surface area contributed by atoms with Crippen molar-refractivity contribution in [3.05, 3.63) is 34.9 Å². The topological polar surface area (TPSA) is 93.6 Å². The van der Waals surface area contributed by atoms with Crippen LogP contribution in [0, 0.1) is 25.2 Å². The second kappa shape index (κ2) is 3.83. The summed E-state index contributed by atoms with van der Waals surface area (Å²) < 4.78 is 1.51. The van der Waals surface area contributed by atoms with E-state index in [1.807, 2.05) is 38.1 Å². The van der Waals surface area contributed by atoms with Gasteiger partial charge in [0.1, 0.15) is 17.5 Å². The Labute approximate surface area is 99.3 Å². The molecule has 4 N–H and O–H groups in total. The first-order valence-corrected chi connectivity index (χ1v) is 5.16. The predicted octanol–water partition coefficient (Wildman–Crippen LogP) is 1.53. The molecule has 0 saturated carbocycles. The minimum Gasteiger partial charge on any atom is -0.382 e. The zero-order valence-electron chi connectivity index (χ0n) is 9.73. The van der Waals surface area contributed by atoms with Crippen molar-refractivity contribution < 1.29 is 0 Å². The third-order valence-electron chi connectivity index (χ3n) is 2.65. The normalized spacial score (nSPS) is 10.2. The molecule has 0 fully saturated rings. The van der Waals surface area contributed by atoms with Crippen molar-refractivity contribution in [2.75, 3.05) is 11.5 Å². The van der Waals surface area contributed by atoms with Gasteiger partial charge in [0.05, 0.1) is 5.69 Å². The Morgan fingerprint density at radius 2 is 2.00 bits per heavy atom. The molecule has 1 aromatic heterocycles. The molecule has 0 spiro atoms. The third-order valence-corrected chi connectivity index (χ3v) is 2.65. The highest BCUT2D eigenvalue weighted by molar-refractivity contribution is 5.64. The van der Waals surface area contributed by atoms with Crippen LogP contribution in [0.2, 0.25) is 0 Å². The first-order chi connectivity index (χ1) is 8.04. The molecule has 2 rings (SSSR count). The lowest BCUT2D eigenvalue weighted by Gasteiger charge is -2.08. The molecular formula is C12H13N5. The van der Waals surface area contributed by atoms with E-state index in [1.54, 1.807) is 0 Å². The number of anilines is 2. The summed E-state index contributed by atoms with van der Waals surface area (Å²) in [5, 5.41) is 13.0. The van der Waals surface area contributed by atoms with Crippen LogP contribution in [-0.4, -0.2) is 9.78 Å². The minimum absolute atomic E-state index is 0.158. The number of hydrogen-bond acceptors (Lipinski definition) is 4. The Balaban J connectivity index is 2.70. The van der Waals surface area contributed by atoms with E-state index in [9.17, 15) is 0 Å². The second-order valence-corrected chi connectivity index (χ2v) is 3.96. The summed E-state index contributed by atoms with van der Waals surface area (Å²) in [6.45, 7) is 3.94. The molecule has 0 unspecified atom stereocenters. The van der Waals surface area contributed by atoms with Crippen LogP contribution in [0.1, 0.15) is 16.7 Å². The van der Waals surface area contributed by atoms with Crippen LogP contribution < -0.4 is 11.5 Å². The quantitative estimate of drug-likeness (QED) is 0.772. The summed E-state index contributed by atoms with van der Waals surface area (Å²) in [4.78, 5) is 0. The summed E-state index contributed by atoms with van der Waals surface area (Å²) in [5.41, 5.74) is 14.7. The van der Waals surface area contributed by atoms with Gasteiger partial charge in [-0.15, -0.1) is 5.10 Å². The minimum atomic E-state index is 0.158. The lowest BCUT2D eigenvalue weighted by molar-refractivity contribution is 0.887. The Morgan fingerprint density at radius 3 is 2.59 bits per heavy atom. The molecule has 1 aromatic carbocycles. The first-order valence-electron chi connectivity index (χ1n) is 5.16. The third kappa shape index (κ3) is 1.70. The molecule has 17 heavy (non-hydrogen) atoms. The lowest BCUT2D eigenvalue weighted by Crippen LogP contribution is -2.04. The highest BCUT2D eigenvalue weighted by Gasteiger charge is 2.15. The molecule has 0 amide bonds. The zero-order valence-corrected chi connectivity index (χ0v) is 9.73. The maximum Gasteiger partial charge on any atom is 0.166 e. The summed E-state index contributed by atoms with van der Waals surface area (Å²) in [7, 11) is 0. The molecule has 0 aliphatic heterocycles. The average molecular weight is 227 g/mol. The molecule has 86 valence electrons.